The second-order valence-corrected chi connectivity index (χ2v) is 18.3. The third-order valence-corrected chi connectivity index (χ3v) is 11.3. The SMILES string of the molecule is Cc1cc(N(c2ccc3c(c2)CC(C)(C)C3)c2ccc3c(c2)CC(C)(C)C3)cc(N(c2ccc3c(c2)OCCO3)c2ccc(C(C)(C)C)cc2Cl)c1. The van der Waals surface area contributed by atoms with Crippen molar-refractivity contribution < 1.29 is 9.47 Å². The fraction of sp³-hybridized carbons (Fsp3) is 0.362. The van der Waals surface area contributed by atoms with Gasteiger partial charge in [0.2, 0.25) is 0 Å². The molecule has 0 N–H and O–H groups in total. The monoisotopic (exact) mass is 710 g/mol. The Bertz CT molecular complexity index is 2130. The van der Waals surface area contributed by atoms with E-state index >= 15 is 0 Å². The molecule has 3 aliphatic rings. The van der Waals surface area contributed by atoms with Crippen LogP contribution in [0.25, 0.3) is 0 Å². The Balaban J connectivity index is 1.31. The molecule has 0 amide bonds. The third kappa shape index (κ3) is 6.67. The molecule has 0 atom stereocenters. The van der Waals surface area contributed by atoms with Crippen LogP contribution in [0.1, 0.15) is 81.8 Å². The quantitative estimate of drug-likeness (QED) is 0.175. The number of fused-ring (bicyclic) bond motifs is 3. The van der Waals surface area contributed by atoms with E-state index in [9.17, 15) is 0 Å². The molecule has 4 nitrogen and oxygen atoms in total. The first-order valence-corrected chi connectivity index (χ1v) is 19.2. The molecule has 268 valence electrons. The molecule has 1 aliphatic heterocycles. The predicted octanol–water partition coefficient (Wildman–Crippen LogP) is 12.9. The fourth-order valence-corrected chi connectivity index (χ4v) is 8.83. The number of ether oxygens (including phenoxy) is 2. The summed E-state index contributed by atoms with van der Waals surface area (Å²) in [5.41, 5.74) is 15.1. The van der Waals surface area contributed by atoms with Crippen molar-refractivity contribution in [1.29, 1.82) is 0 Å². The molecule has 0 fully saturated rings. The minimum atomic E-state index is -0.0306. The number of anilines is 6. The largest absolute Gasteiger partial charge is 0.486 e. The first kappa shape index (κ1) is 34.7. The molecule has 0 radical (unpaired) electrons. The van der Waals surface area contributed by atoms with Gasteiger partial charge in [-0.1, -0.05) is 78.3 Å². The normalized spacial score (nSPS) is 16.7. The zero-order chi connectivity index (χ0) is 36.6. The predicted molar refractivity (Wildman–Crippen MR) is 218 cm³/mol. The van der Waals surface area contributed by atoms with Gasteiger partial charge in [-0.3, -0.25) is 0 Å². The van der Waals surface area contributed by atoms with E-state index in [0.29, 0.717) is 18.2 Å². The second kappa shape index (κ2) is 12.6. The van der Waals surface area contributed by atoms with Crippen LogP contribution in [0.5, 0.6) is 11.5 Å². The Morgan fingerprint density at radius 3 is 1.63 bits per heavy atom. The van der Waals surface area contributed by atoms with Crippen LogP contribution < -0.4 is 19.3 Å². The lowest BCUT2D eigenvalue weighted by molar-refractivity contribution is 0.171. The van der Waals surface area contributed by atoms with Crippen LogP contribution in [0.4, 0.5) is 34.1 Å². The van der Waals surface area contributed by atoms with Gasteiger partial charge < -0.3 is 19.3 Å². The number of nitrogens with zero attached hydrogens (tertiary/aromatic N) is 2. The molecule has 8 rings (SSSR count). The van der Waals surface area contributed by atoms with Crippen molar-refractivity contribution in [1.82, 2.24) is 0 Å². The maximum absolute atomic E-state index is 7.25. The van der Waals surface area contributed by atoms with Crippen molar-refractivity contribution in [3.8, 4) is 11.5 Å². The molecule has 52 heavy (non-hydrogen) atoms. The van der Waals surface area contributed by atoms with Crippen molar-refractivity contribution in [2.75, 3.05) is 23.0 Å². The second-order valence-electron chi connectivity index (χ2n) is 17.9. The van der Waals surface area contributed by atoms with Gasteiger partial charge in [-0.2, -0.15) is 0 Å². The van der Waals surface area contributed by atoms with E-state index in [4.69, 9.17) is 21.1 Å². The molecule has 5 heteroatoms. The molecule has 0 saturated heterocycles. The summed E-state index contributed by atoms with van der Waals surface area (Å²) in [4.78, 5) is 4.72. The average molecular weight is 711 g/mol. The lowest BCUT2D eigenvalue weighted by atomic mass is 9.87. The number of aryl methyl sites for hydroxylation is 1. The maximum atomic E-state index is 7.25. The van der Waals surface area contributed by atoms with E-state index in [-0.39, 0.29) is 16.2 Å². The summed E-state index contributed by atoms with van der Waals surface area (Å²) >= 11 is 7.25. The van der Waals surface area contributed by atoms with E-state index in [1.54, 1.807) is 0 Å². The highest BCUT2D eigenvalue weighted by molar-refractivity contribution is 6.33. The zero-order valence-corrected chi connectivity index (χ0v) is 32.7. The van der Waals surface area contributed by atoms with Crippen LogP contribution in [-0.4, -0.2) is 13.2 Å². The Kier molecular flexibility index (Phi) is 8.41. The van der Waals surface area contributed by atoms with Gasteiger partial charge in [0, 0.05) is 28.8 Å². The van der Waals surface area contributed by atoms with Crippen LogP contribution in [0.2, 0.25) is 5.02 Å². The van der Waals surface area contributed by atoms with E-state index < -0.39 is 0 Å². The number of benzene rings is 5. The van der Waals surface area contributed by atoms with Crippen LogP contribution in [-0.2, 0) is 31.1 Å². The molecule has 2 aliphatic carbocycles. The van der Waals surface area contributed by atoms with Crippen molar-refractivity contribution in [3.05, 3.63) is 129 Å². The van der Waals surface area contributed by atoms with Gasteiger partial charge in [0.1, 0.15) is 13.2 Å². The smallest absolute Gasteiger partial charge is 0.163 e. The van der Waals surface area contributed by atoms with Crippen LogP contribution in [0.3, 0.4) is 0 Å². The third-order valence-electron chi connectivity index (χ3n) is 11.0. The van der Waals surface area contributed by atoms with Crippen molar-refractivity contribution in [3.63, 3.8) is 0 Å². The van der Waals surface area contributed by atoms with Crippen molar-refractivity contribution >= 4 is 45.7 Å². The molecule has 0 bridgehead atoms. The summed E-state index contributed by atoms with van der Waals surface area (Å²) in [6, 6.07) is 33.8. The van der Waals surface area contributed by atoms with E-state index in [2.05, 4.69) is 150 Å². The number of hydrogen-bond acceptors (Lipinski definition) is 4. The fourth-order valence-electron chi connectivity index (χ4n) is 8.57. The first-order chi connectivity index (χ1) is 24.6. The van der Waals surface area contributed by atoms with E-state index in [1.165, 1.54) is 39.2 Å². The Hall–Kier alpha value is -4.41. The Labute approximate surface area is 315 Å². The van der Waals surface area contributed by atoms with Gasteiger partial charge in [0.15, 0.2) is 11.5 Å². The summed E-state index contributed by atoms with van der Waals surface area (Å²) in [5.74, 6) is 1.51. The molecular weight excluding hydrogens is 660 g/mol. The highest BCUT2D eigenvalue weighted by atomic mass is 35.5. The molecule has 0 saturated carbocycles. The topological polar surface area (TPSA) is 24.9 Å². The summed E-state index contributed by atoms with van der Waals surface area (Å²) < 4.78 is 12.0. The zero-order valence-electron chi connectivity index (χ0n) is 32.0. The van der Waals surface area contributed by atoms with Gasteiger partial charge >= 0.3 is 0 Å². The van der Waals surface area contributed by atoms with Crippen LogP contribution in [0, 0.1) is 17.8 Å². The molecule has 0 aromatic heterocycles. The van der Waals surface area contributed by atoms with Gasteiger partial charge in [-0.15, -0.1) is 0 Å². The molecule has 0 unspecified atom stereocenters. The molecular formula is C47H51ClN2O2. The minimum absolute atomic E-state index is 0.0306. The lowest BCUT2D eigenvalue weighted by Crippen LogP contribution is -2.17. The standard InChI is InChI=1S/C47H51ClN2O2/c1-30-19-39(49(36-12-9-31-26-46(5,6)28-33(31)21-36)37-13-10-32-27-47(7,8)29-34(32)22-37)24-40(20-30)50(38-14-16-43-44(25-38)52-18-17-51-43)42-15-11-35(23-41(42)48)45(2,3)4/h9-16,19-25H,17-18,26-29H2,1-8H3. The summed E-state index contributed by atoms with van der Waals surface area (Å²) in [6.07, 6.45) is 4.40. The average Bonchev–Trinajstić information content (AvgIpc) is 3.56. The van der Waals surface area contributed by atoms with Gasteiger partial charge in [-0.25, -0.2) is 0 Å². The lowest BCUT2D eigenvalue weighted by Gasteiger charge is -2.32. The van der Waals surface area contributed by atoms with Crippen molar-refractivity contribution in [2.24, 2.45) is 10.8 Å². The summed E-state index contributed by atoms with van der Waals surface area (Å²) in [7, 11) is 0. The van der Waals surface area contributed by atoms with Gasteiger partial charge in [-0.05, 0) is 149 Å². The van der Waals surface area contributed by atoms with Crippen molar-refractivity contribution in [2.45, 2.75) is 86.5 Å². The molecule has 5 aromatic carbocycles. The van der Waals surface area contributed by atoms with Gasteiger partial charge in [0.25, 0.3) is 0 Å². The highest BCUT2D eigenvalue weighted by Crippen LogP contribution is 2.48. The Morgan fingerprint density at radius 1 is 0.538 bits per heavy atom. The van der Waals surface area contributed by atoms with E-state index in [0.717, 1.165) is 65.5 Å². The summed E-state index contributed by atoms with van der Waals surface area (Å²) in [5, 5.41) is 0.699. The Morgan fingerprint density at radius 2 is 1.06 bits per heavy atom. The highest BCUT2D eigenvalue weighted by Gasteiger charge is 2.31. The first-order valence-electron chi connectivity index (χ1n) is 18.8. The molecule has 1 heterocycles. The van der Waals surface area contributed by atoms with E-state index in [1.807, 2.05) is 6.07 Å². The summed E-state index contributed by atoms with van der Waals surface area (Å²) in [6.45, 7) is 19.4. The number of hydrogen-bond donors (Lipinski definition) is 0. The van der Waals surface area contributed by atoms with Crippen LogP contribution in [0.15, 0.2) is 91.0 Å². The minimum Gasteiger partial charge on any atom is -0.486 e. The molecule has 5 aromatic rings. The number of rotatable bonds is 6. The van der Waals surface area contributed by atoms with Crippen LogP contribution >= 0.6 is 11.6 Å². The molecule has 0 spiro atoms. The van der Waals surface area contributed by atoms with Gasteiger partial charge in [0.05, 0.1) is 16.4 Å². The maximum Gasteiger partial charge on any atom is 0.163 e. The number of halogens is 1.